The van der Waals surface area contributed by atoms with Crippen LogP contribution in [0, 0.1) is 13.8 Å². The van der Waals surface area contributed by atoms with Crippen molar-refractivity contribution in [1.29, 1.82) is 0 Å². The summed E-state index contributed by atoms with van der Waals surface area (Å²) < 4.78 is 11.2. The minimum Gasteiger partial charge on any atom is -0.490 e. The normalized spacial score (nSPS) is 13.0. The van der Waals surface area contributed by atoms with Crippen LogP contribution in [0.4, 0.5) is 5.69 Å². The third kappa shape index (κ3) is 3.57. The van der Waals surface area contributed by atoms with Crippen LogP contribution in [0.2, 0.25) is 0 Å². The lowest BCUT2D eigenvalue weighted by Gasteiger charge is -2.13. The number of carbonyl (C=O) groups is 2. The summed E-state index contributed by atoms with van der Waals surface area (Å²) in [6.45, 7) is 4.67. The number of ether oxygens (including phenoxy) is 2. The van der Waals surface area contributed by atoms with Crippen LogP contribution in [0.1, 0.15) is 38.3 Å². The molecule has 0 unspecified atom stereocenters. The van der Waals surface area contributed by atoms with Crippen molar-refractivity contribution in [3.63, 3.8) is 0 Å². The van der Waals surface area contributed by atoms with Crippen molar-refractivity contribution in [2.24, 2.45) is 0 Å². The highest BCUT2D eigenvalue weighted by molar-refractivity contribution is 6.05. The lowest BCUT2D eigenvalue weighted by molar-refractivity contribution is 0.0695. The van der Waals surface area contributed by atoms with Crippen LogP contribution >= 0.6 is 0 Å². The van der Waals surface area contributed by atoms with Crippen LogP contribution in [-0.4, -0.2) is 30.2 Å². The molecule has 6 heteroatoms. The largest absolute Gasteiger partial charge is 0.490 e. The first kappa shape index (κ1) is 16.8. The van der Waals surface area contributed by atoms with E-state index in [0.717, 1.165) is 12.0 Å². The Morgan fingerprint density at radius 2 is 1.72 bits per heavy atom. The number of aromatic carboxylic acids is 1. The summed E-state index contributed by atoms with van der Waals surface area (Å²) in [4.78, 5) is 23.8. The number of benzene rings is 2. The SMILES string of the molecule is Cc1cc(C)c(C(=O)O)cc1NC(=O)c1ccc2c(c1)OCCCO2. The Bertz CT molecular complexity index is 844. The molecule has 0 radical (unpaired) electrons. The van der Waals surface area contributed by atoms with Gasteiger partial charge in [-0.05, 0) is 49.2 Å². The predicted molar refractivity (Wildman–Crippen MR) is 92.9 cm³/mol. The fraction of sp³-hybridized carbons (Fsp3) is 0.263. The molecule has 0 saturated heterocycles. The Morgan fingerprint density at radius 3 is 2.44 bits per heavy atom. The van der Waals surface area contributed by atoms with Gasteiger partial charge in [0.2, 0.25) is 0 Å². The van der Waals surface area contributed by atoms with Crippen molar-refractivity contribution in [3.05, 3.63) is 52.6 Å². The summed E-state index contributed by atoms with van der Waals surface area (Å²) in [5.74, 6) is -0.201. The highest BCUT2D eigenvalue weighted by atomic mass is 16.5. The first-order chi connectivity index (χ1) is 12.0. The molecule has 1 aliphatic rings. The lowest BCUT2D eigenvalue weighted by atomic mass is 10.0. The van der Waals surface area contributed by atoms with Crippen LogP contribution in [0.15, 0.2) is 30.3 Å². The number of carboxylic acids is 1. The van der Waals surface area contributed by atoms with Gasteiger partial charge in [0.05, 0.1) is 18.8 Å². The molecular weight excluding hydrogens is 322 g/mol. The summed E-state index contributed by atoms with van der Waals surface area (Å²) in [7, 11) is 0. The minimum atomic E-state index is -1.02. The molecule has 2 aromatic rings. The van der Waals surface area contributed by atoms with E-state index in [1.54, 1.807) is 31.2 Å². The van der Waals surface area contributed by atoms with E-state index >= 15 is 0 Å². The van der Waals surface area contributed by atoms with Crippen LogP contribution in [0.5, 0.6) is 11.5 Å². The number of aryl methyl sites for hydroxylation is 2. The Hall–Kier alpha value is -3.02. The number of rotatable bonds is 3. The van der Waals surface area contributed by atoms with Gasteiger partial charge in [0.15, 0.2) is 11.5 Å². The zero-order valence-corrected chi connectivity index (χ0v) is 14.1. The molecule has 0 aromatic heterocycles. The number of hydrogen-bond donors (Lipinski definition) is 2. The Labute approximate surface area is 145 Å². The average Bonchev–Trinajstić information content (AvgIpc) is 2.81. The van der Waals surface area contributed by atoms with E-state index in [2.05, 4.69) is 5.32 Å². The van der Waals surface area contributed by atoms with E-state index in [1.807, 2.05) is 6.92 Å². The van der Waals surface area contributed by atoms with E-state index in [1.165, 1.54) is 6.07 Å². The average molecular weight is 341 g/mol. The minimum absolute atomic E-state index is 0.166. The molecule has 3 rings (SSSR count). The Morgan fingerprint density at radius 1 is 1.00 bits per heavy atom. The zero-order valence-electron chi connectivity index (χ0n) is 14.1. The number of hydrogen-bond acceptors (Lipinski definition) is 4. The molecule has 0 spiro atoms. The first-order valence-corrected chi connectivity index (χ1v) is 8.01. The number of anilines is 1. The molecule has 1 aliphatic heterocycles. The van der Waals surface area contributed by atoms with Crippen molar-refractivity contribution in [3.8, 4) is 11.5 Å². The fourth-order valence-electron chi connectivity index (χ4n) is 2.72. The van der Waals surface area contributed by atoms with E-state index in [-0.39, 0.29) is 11.5 Å². The molecule has 6 nitrogen and oxygen atoms in total. The third-order valence-corrected chi connectivity index (χ3v) is 4.06. The van der Waals surface area contributed by atoms with E-state index in [4.69, 9.17) is 9.47 Å². The molecule has 130 valence electrons. The molecule has 25 heavy (non-hydrogen) atoms. The van der Waals surface area contributed by atoms with Gasteiger partial charge in [-0.15, -0.1) is 0 Å². The topological polar surface area (TPSA) is 84.9 Å². The molecule has 0 fully saturated rings. The molecule has 0 saturated carbocycles. The quantitative estimate of drug-likeness (QED) is 0.893. The Balaban J connectivity index is 1.86. The van der Waals surface area contributed by atoms with Crippen LogP contribution < -0.4 is 14.8 Å². The summed E-state index contributed by atoms with van der Waals surface area (Å²) in [6, 6.07) is 8.23. The maximum atomic E-state index is 12.5. The number of nitrogens with one attached hydrogen (secondary N) is 1. The van der Waals surface area contributed by atoms with Crippen molar-refractivity contribution < 1.29 is 24.2 Å². The fourth-order valence-corrected chi connectivity index (χ4v) is 2.72. The monoisotopic (exact) mass is 341 g/mol. The Kier molecular flexibility index (Phi) is 4.61. The van der Waals surface area contributed by atoms with Gasteiger partial charge in [0.25, 0.3) is 5.91 Å². The lowest BCUT2D eigenvalue weighted by Crippen LogP contribution is -2.14. The van der Waals surface area contributed by atoms with Gasteiger partial charge in [0.1, 0.15) is 0 Å². The van der Waals surface area contributed by atoms with Crippen LogP contribution in [0.3, 0.4) is 0 Å². The standard InChI is InChI=1S/C19H19NO5/c1-11-8-12(2)15(10-14(11)19(22)23)20-18(21)13-4-5-16-17(9-13)25-7-3-6-24-16/h4-5,8-10H,3,6-7H2,1-2H3,(H,20,21)(H,22,23). The molecular formula is C19H19NO5. The highest BCUT2D eigenvalue weighted by Crippen LogP contribution is 2.31. The number of amides is 1. The second kappa shape index (κ2) is 6.84. The van der Waals surface area contributed by atoms with Gasteiger partial charge in [0, 0.05) is 17.7 Å². The zero-order chi connectivity index (χ0) is 18.0. The van der Waals surface area contributed by atoms with Gasteiger partial charge < -0.3 is 19.9 Å². The maximum Gasteiger partial charge on any atom is 0.336 e. The predicted octanol–water partition coefficient (Wildman–Crippen LogP) is 3.42. The first-order valence-electron chi connectivity index (χ1n) is 8.01. The summed E-state index contributed by atoms with van der Waals surface area (Å²) >= 11 is 0. The number of carboxylic acid groups (broad SMARTS) is 1. The van der Waals surface area contributed by atoms with Crippen molar-refractivity contribution in [2.75, 3.05) is 18.5 Å². The third-order valence-electron chi connectivity index (χ3n) is 4.06. The molecule has 0 bridgehead atoms. The number of carbonyl (C=O) groups excluding carboxylic acids is 1. The molecule has 2 aromatic carbocycles. The second-order valence-corrected chi connectivity index (χ2v) is 5.95. The van der Waals surface area contributed by atoms with E-state index in [0.29, 0.717) is 41.5 Å². The number of fused-ring (bicyclic) bond motifs is 1. The molecule has 2 N–H and O–H groups in total. The van der Waals surface area contributed by atoms with Gasteiger partial charge >= 0.3 is 5.97 Å². The van der Waals surface area contributed by atoms with Gasteiger partial charge in [-0.2, -0.15) is 0 Å². The van der Waals surface area contributed by atoms with Crippen molar-refractivity contribution >= 4 is 17.6 Å². The maximum absolute atomic E-state index is 12.5. The molecule has 0 aliphatic carbocycles. The summed E-state index contributed by atoms with van der Waals surface area (Å²) in [5, 5.41) is 12.0. The van der Waals surface area contributed by atoms with E-state index < -0.39 is 5.97 Å². The summed E-state index contributed by atoms with van der Waals surface area (Å²) in [5.41, 5.74) is 2.50. The van der Waals surface area contributed by atoms with Crippen molar-refractivity contribution in [1.82, 2.24) is 0 Å². The van der Waals surface area contributed by atoms with Gasteiger partial charge in [-0.25, -0.2) is 4.79 Å². The molecule has 1 heterocycles. The van der Waals surface area contributed by atoms with Crippen molar-refractivity contribution in [2.45, 2.75) is 20.3 Å². The van der Waals surface area contributed by atoms with Crippen LogP contribution in [0.25, 0.3) is 0 Å². The van der Waals surface area contributed by atoms with Gasteiger partial charge in [-0.1, -0.05) is 6.07 Å². The molecule has 1 amide bonds. The van der Waals surface area contributed by atoms with Crippen LogP contribution in [-0.2, 0) is 0 Å². The highest BCUT2D eigenvalue weighted by Gasteiger charge is 2.16. The van der Waals surface area contributed by atoms with E-state index in [9.17, 15) is 14.7 Å². The molecule has 0 atom stereocenters. The summed E-state index contributed by atoms with van der Waals surface area (Å²) in [6.07, 6.45) is 0.788. The second-order valence-electron chi connectivity index (χ2n) is 5.95. The van der Waals surface area contributed by atoms with Gasteiger partial charge in [-0.3, -0.25) is 4.79 Å². The smallest absolute Gasteiger partial charge is 0.336 e.